The Kier molecular flexibility index (Phi) is 5.39. The van der Waals surface area contributed by atoms with Crippen molar-refractivity contribution in [1.29, 1.82) is 0 Å². The maximum atomic E-state index is 13.6. The summed E-state index contributed by atoms with van der Waals surface area (Å²) >= 11 is 0. The molecule has 34 heavy (non-hydrogen) atoms. The number of urea groups is 1. The van der Waals surface area contributed by atoms with E-state index in [0.717, 1.165) is 16.0 Å². The number of amides is 6. The topological polar surface area (TPSA) is 98.3 Å². The molecule has 0 aliphatic carbocycles. The molecule has 1 fully saturated rings. The molecule has 3 aliphatic rings. The van der Waals surface area contributed by atoms with Crippen molar-refractivity contribution in [3.05, 3.63) is 70.8 Å². The van der Waals surface area contributed by atoms with Gasteiger partial charge in [-0.2, -0.15) is 0 Å². The molecule has 6 amide bonds. The van der Waals surface area contributed by atoms with E-state index in [2.05, 4.69) is 0 Å². The number of rotatable bonds is 3. The zero-order valence-corrected chi connectivity index (χ0v) is 18.8. The number of hydrogen-bond donors (Lipinski definition) is 0. The van der Waals surface area contributed by atoms with E-state index in [1.54, 1.807) is 31.2 Å². The molecule has 1 atom stereocenters. The summed E-state index contributed by atoms with van der Waals surface area (Å²) in [5.74, 6) is -2.36. The summed E-state index contributed by atoms with van der Waals surface area (Å²) in [4.78, 5) is 69.8. The van der Waals surface area contributed by atoms with E-state index in [0.29, 0.717) is 30.6 Å². The summed E-state index contributed by atoms with van der Waals surface area (Å²) in [5.41, 5.74) is 2.52. The van der Waals surface area contributed by atoms with Gasteiger partial charge in [-0.15, -0.1) is 0 Å². The second-order valence-corrected chi connectivity index (χ2v) is 8.55. The lowest BCUT2D eigenvalue weighted by molar-refractivity contribution is -0.154. The molecule has 5 rings (SSSR count). The van der Waals surface area contributed by atoms with Gasteiger partial charge in [-0.3, -0.25) is 29.0 Å². The van der Waals surface area contributed by atoms with E-state index in [-0.39, 0.29) is 19.6 Å². The van der Waals surface area contributed by atoms with Gasteiger partial charge in [-0.05, 0) is 36.6 Å². The summed E-state index contributed by atoms with van der Waals surface area (Å²) in [5, 5.41) is 0. The van der Waals surface area contributed by atoms with Gasteiger partial charge in [0.25, 0.3) is 11.8 Å². The molecule has 0 radical (unpaired) electrons. The van der Waals surface area contributed by atoms with Crippen molar-refractivity contribution >= 4 is 29.7 Å². The van der Waals surface area contributed by atoms with Crippen LogP contribution >= 0.6 is 0 Å². The molecule has 3 heterocycles. The molecule has 1 unspecified atom stereocenters. The zero-order chi connectivity index (χ0) is 24.0. The van der Waals surface area contributed by atoms with Crippen molar-refractivity contribution in [2.75, 3.05) is 32.7 Å². The quantitative estimate of drug-likeness (QED) is 0.513. The highest BCUT2D eigenvalue weighted by atomic mass is 16.2. The first-order valence-electron chi connectivity index (χ1n) is 11.4. The summed E-state index contributed by atoms with van der Waals surface area (Å²) in [6.45, 7) is 2.83. The van der Waals surface area contributed by atoms with Crippen LogP contribution < -0.4 is 0 Å². The molecular weight excluding hydrogens is 436 g/mol. The van der Waals surface area contributed by atoms with E-state index in [4.69, 9.17) is 0 Å². The number of piperazine rings is 1. The summed E-state index contributed by atoms with van der Waals surface area (Å²) < 4.78 is 0. The predicted octanol–water partition coefficient (Wildman–Crippen LogP) is 1.69. The minimum Gasteiger partial charge on any atom is -0.333 e. The molecule has 0 bridgehead atoms. The Labute approximate surface area is 196 Å². The van der Waals surface area contributed by atoms with Gasteiger partial charge in [-0.25, -0.2) is 4.79 Å². The van der Waals surface area contributed by atoms with E-state index in [9.17, 15) is 24.0 Å². The molecule has 0 N–H and O–H groups in total. The van der Waals surface area contributed by atoms with Crippen LogP contribution in [0.5, 0.6) is 0 Å². The number of nitrogens with zero attached hydrogens (tertiary/aromatic N) is 4. The smallest absolute Gasteiger partial charge is 0.327 e. The second-order valence-electron chi connectivity index (χ2n) is 8.55. The van der Waals surface area contributed by atoms with Gasteiger partial charge in [0.15, 0.2) is 0 Å². The van der Waals surface area contributed by atoms with Crippen LogP contribution in [0, 0.1) is 0 Å². The van der Waals surface area contributed by atoms with Crippen LogP contribution in [0.25, 0.3) is 0 Å². The van der Waals surface area contributed by atoms with E-state index in [1.165, 1.54) is 14.7 Å². The number of carbonyl (C=O) groups is 5. The lowest BCUT2D eigenvalue weighted by Gasteiger charge is -2.42. The van der Waals surface area contributed by atoms with Crippen LogP contribution in [0.15, 0.2) is 48.5 Å². The molecule has 2 aromatic rings. The molecule has 2 aromatic carbocycles. The van der Waals surface area contributed by atoms with Crippen molar-refractivity contribution in [3.63, 3.8) is 0 Å². The van der Waals surface area contributed by atoms with Gasteiger partial charge in [0.2, 0.25) is 0 Å². The number of hydrogen-bond acceptors (Lipinski definition) is 5. The lowest BCUT2D eigenvalue weighted by atomic mass is 9.92. The van der Waals surface area contributed by atoms with Crippen LogP contribution in [0.3, 0.4) is 0 Å². The maximum Gasteiger partial charge on any atom is 0.327 e. The van der Waals surface area contributed by atoms with Gasteiger partial charge in [0, 0.05) is 26.2 Å². The van der Waals surface area contributed by atoms with Gasteiger partial charge in [-0.1, -0.05) is 36.4 Å². The van der Waals surface area contributed by atoms with Gasteiger partial charge in [0.05, 0.1) is 23.7 Å². The standard InChI is InChI=1S/C25H24N4O5/c1-2-26-13-14-28(24(33)23(26)32)25(34)27-12-11-16-7-3-4-8-17(16)20(27)15-29-21(30)18-9-5-6-10-19(18)22(29)31/h3-10,20H,2,11-15H2,1H3. The Morgan fingerprint density at radius 1 is 0.824 bits per heavy atom. The summed E-state index contributed by atoms with van der Waals surface area (Å²) in [7, 11) is 0. The minimum absolute atomic E-state index is 0.0356. The van der Waals surface area contributed by atoms with Crippen molar-refractivity contribution in [2.45, 2.75) is 19.4 Å². The van der Waals surface area contributed by atoms with Crippen LogP contribution in [-0.2, 0) is 16.0 Å². The zero-order valence-electron chi connectivity index (χ0n) is 18.8. The Morgan fingerprint density at radius 3 is 2.15 bits per heavy atom. The Morgan fingerprint density at radius 2 is 1.47 bits per heavy atom. The van der Waals surface area contributed by atoms with Crippen LogP contribution in [-0.4, -0.2) is 82.0 Å². The average Bonchev–Trinajstić information content (AvgIpc) is 3.10. The van der Waals surface area contributed by atoms with E-state index in [1.807, 2.05) is 24.3 Å². The maximum absolute atomic E-state index is 13.6. The predicted molar refractivity (Wildman–Crippen MR) is 121 cm³/mol. The number of fused-ring (bicyclic) bond motifs is 2. The lowest BCUT2D eigenvalue weighted by Crippen LogP contribution is -2.60. The van der Waals surface area contributed by atoms with Crippen molar-refractivity contribution < 1.29 is 24.0 Å². The molecule has 9 heteroatoms. The highest BCUT2D eigenvalue weighted by Gasteiger charge is 2.43. The van der Waals surface area contributed by atoms with Crippen LogP contribution in [0.4, 0.5) is 4.79 Å². The third-order valence-electron chi connectivity index (χ3n) is 6.81. The minimum atomic E-state index is -0.851. The van der Waals surface area contributed by atoms with Crippen LogP contribution in [0.1, 0.15) is 44.8 Å². The SMILES string of the molecule is CCN1CCN(C(=O)N2CCc3ccccc3C2CN2C(=O)c3ccccc3C2=O)C(=O)C1=O. The monoisotopic (exact) mass is 460 g/mol. The highest BCUT2D eigenvalue weighted by Crippen LogP contribution is 2.34. The number of likely N-dealkylation sites (N-methyl/N-ethyl adjacent to an activating group) is 1. The van der Waals surface area contributed by atoms with Crippen molar-refractivity contribution in [2.24, 2.45) is 0 Å². The van der Waals surface area contributed by atoms with Gasteiger partial charge < -0.3 is 9.80 Å². The third-order valence-corrected chi connectivity index (χ3v) is 6.81. The molecule has 0 aromatic heterocycles. The fraction of sp³-hybridized carbons (Fsp3) is 0.320. The fourth-order valence-electron chi connectivity index (χ4n) is 4.97. The molecule has 9 nitrogen and oxygen atoms in total. The average molecular weight is 460 g/mol. The first-order valence-corrected chi connectivity index (χ1v) is 11.4. The molecule has 1 saturated heterocycles. The molecule has 0 spiro atoms. The van der Waals surface area contributed by atoms with Crippen molar-refractivity contribution in [1.82, 2.24) is 19.6 Å². The fourth-order valence-corrected chi connectivity index (χ4v) is 4.97. The van der Waals surface area contributed by atoms with Gasteiger partial charge >= 0.3 is 17.8 Å². The van der Waals surface area contributed by atoms with E-state index < -0.39 is 35.7 Å². The highest BCUT2D eigenvalue weighted by molar-refractivity contribution is 6.38. The van der Waals surface area contributed by atoms with E-state index >= 15 is 0 Å². The number of benzene rings is 2. The van der Waals surface area contributed by atoms with Gasteiger partial charge in [0.1, 0.15) is 0 Å². The normalized spacial score (nSPS) is 20.1. The second kappa shape index (κ2) is 8.40. The number of carbonyl (C=O) groups excluding carboxylic acids is 5. The Bertz CT molecular complexity index is 1190. The summed E-state index contributed by atoms with van der Waals surface area (Å²) in [6, 6.07) is 13.0. The summed E-state index contributed by atoms with van der Waals surface area (Å²) in [6.07, 6.45) is 0.567. The third kappa shape index (κ3) is 3.35. The van der Waals surface area contributed by atoms with Crippen LogP contribution in [0.2, 0.25) is 0 Å². The molecular formula is C25H24N4O5. The Balaban J connectivity index is 1.47. The molecule has 3 aliphatic heterocycles. The first-order chi connectivity index (χ1) is 16.4. The number of imide groups is 2. The first kappa shape index (κ1) is 21.8. The molecule has 174 valence electrons. The van der Waals surface area contributed by atoms with Crippen molar-refractivity contribution in [3.8, 4) is 0 Å². The largest absolute Gasteiger partial charge is 0.333 e. The Hall–Kier alpha value is -4.01. The molecule has 0 saturated carbocycles.